The summed E-state index contributed by atoms with van der Waals surface area (Å²) in [4.78, 5) is 25.4. The molecule has 0 aliphatic heterocycles. The van der Waals surface area contributed by atoms with Gasteiger partial charge in [-0.25, -0.2) is 0 Å². The third kappa shape index (κ3) is 4.38. The third-order valence-corrected chi connectivity index (χ3v) is 4.37. The van der Waals surface area contributed by atoms with Crippen molar-refractivity contribution in [2.45, 2.75) is 13.8 Å². The number of aryl methyl sites for hydroxylation is 2. The average Bonchev–Trinajstić information content (AvgIpc) is 2.68. The van der Waals surface area contributed by atoms with E-state index >= 15 is 0 Å². The zero-order chi connectivity index (χ0) is 20.1. The molecule has 28 heavy (non-hydrogen) atoms. The number of amides is 2. The Hall–Kier alpha value is -3.60. The highest BCUT2D eigenvalue weighted by Crippen LogP contribution is 2.22. The van der Waals surface area contributed by atoms with Crippen molar-refractivity contribution in [3.05, 3.63) is 89.0 Å². The number of hydrogen-bond acceptors (Lipinski definition) is 3. The second-order valence-corrected chi connectivity index (χ2v) is 6.51. The van der Waals surface area contributed by atoms with Gasteiger partial charge in [-0.05, 0) is 61.4 Å². The summed E-state index contributed by atoms with van der Waals surface area (Å²) in [6, 6.07) is 19.7. The van der Waals surface area contributed by atoms with Crippen LogP contribution in [0.5, 0.6) is 5.75 Å². The fraction of sp³-hybridized carbons (Fsp3) is 0.130. The van der Waals surface area contributed by atoms with Crippen LogP contribution in [0.25, 0.3) is 0 Å². The SMILES string of the molecule is COc1cc(C(=O)Nc2ccccc2C(=O)Nc2cccc(C)c2)ccc1C. The summed E-state index contributed by atoms with van der Waals surface area (Å²) < 4.78 is 5.28. The van der Waals surface area contributed by atoms with Gasteiger partial charge in [-0.3, -0.25) is 9.59 Å². The number of rotatable bonds is 5. The van der Waals surface area contributed by atoms with Crippen molar-refractivity contribution >= 4 is 23.2 Å². The Morgan fingerprint density at radius 2 is 1.61 bits per heavy atom. The van der Waals surface area contributed by atoms with E-state index in [1.807, 2.05) is 44.2 Å². The number of carbonyl (C=O) groups excluding carboxylic acids is 2. The maximum absolute atomic E-state index is 12.7. The molecular formula is C23H22N2O3. The number of hydrogen-bond donors (Lipinski definition) is 2. The van der Waals surface area contributed by atoms with Crippen LogP contribution in [0.1, 0.15) is 31.8 Å². The second-order valence-electron chi connectivity index (χ2n) is 6.51. The van der Waals surface area contributed by atoms with E-state index in [4.69, 9.17) is 4.74 Å². The Bertz CT molecular complexity index is 1030. The number of para-hydroxylation sites is 1. The Balaban J connectivity index is 1.82. The summed E-state index contributed by atoms with van der Waals surface area (Å²) in [5, 5.41) is 5.69. The van der Waals surface area contributed by atoms with Gasteiger partial charge in [0, 0.05) is 11.3 Å². The highest BCUT2D eigenvalue weighted by molar-refractivity contribution is 6.12. The molecule has 0 heterocycles. The molecule has 0 unspecified atom stereocenters. The first-order valence-corrected chi connectivity index (χ1v) is 8.91. The molecule has 0 atom stereocenters. The van der Waals surface area contributed by atoms with Gasteiger partial charge in [0.15, 0.2) is 0 Å². The number of nitrogens with one attached hydrogen (secondary N) is 2. The molecular weight excluding hydrogens is 352 g/mol. The van der Waals surface area contributed by atoms with E-state index in [-0.39, 0.29) is 11.8 Å². The molecule has 142 valence electrons. The average molecular weight is 374 g/mol. The van der Waals surface area contributed by atoms with Crippen LogP contribution in [0.4, 0.5) is 11.4 Å². The van der Waals surface area contributed by atoms with Gasteiger partial charge >= 0.3 is 0 Å². The Morgan fingerprint density at radius 3 is 2.36 bits per heavy atom. The lowest BCUT2D eigenvalue weighted by Crippen LogP contribution is -2.18. The van der Waals surface area contributed by atoms with Crippen LogP contribution in [0, 0.1) is 13.8 Å². The molecule has 3 aromatic rings. The fourth-order valence-electron chi connectivity index (χ4n) is 2.87. The van der Waals surface area contributed by atoms with Crippen molar-refractivity contribution in [3.8, 4) is 5.75 Å². The van der Waals surface area contributed by atoms with Gasteiger partial charge in [-0.2, -0.15) is 0 Å². The molecule has 2 amide bonds. The number of methoxy groups -OCH3 is 1. The van der Waals surface area contributed by atoms with Crippen LogP contribution in [0.15, 0.2) is 66.7 Å². The van der Waals surface area contributed by atoms with E-state index in [1.54, 1.807) is 43.5 Å². The van der Waals surface area contributed by atoms with E-state index < -0.39 is 0 Å². The van der Waals surface area contributed by atoms with Crippen molar-refractivity contribution < 1.29 is 14.3 Å². The van der Waals surface area contributed by atoms with Gasteiger partial charge in [0.2, 0.25) is 0 Å². The molecule has 0 aromatic heterocycles. The van der Waals surface area contributed by atoms with E-state index in [9.17, 15) is 9.59 Å². The normalized spacial score (nSPS) is 10.2. The predicted octanol–water partition coefficient (Wildman–Crippen LogP) is 4.82. The van der Waals surface area contributed by atoms with E-state index in [0.717, 1.165) is 11.1 Å². The Kier molecular flexibility index (Phi) is 5.75. The minimum atomic E-state index is -0.311. The lowest BCUT2D eigenvalue weighted by atomic mass is 10.1. The molecule has 3 rings (SSSR count). The Morgan fingerprint density at radius 1 is 0.821 bits per heavy atom. The van der Waals surface area contributed by atoms with Gasteiger partial charge < -0.3 is 15.4 Å². The number of benzene rings is 3. The van der Waals surface area contributed by atoms with Crippen molar-refractivity contribution in [1.82, 2.24) is 0 Å². The maximum atomic E-state index is 12.7. The minimum Gasteiger partial charge on any atom is -0.496 e. The molecule has 0 bridgehead atoms. The lowest BCUT2D eigenvalue weighted by Gasteiger charge is -2.13. The van der Waals surface area contributed by atoms with Gasteiger partial charge in [0.1, 0.15) is 5.75 Å². The molecule has 5 heteroatoms. The first-order valence-electron chi connectivity index (χ1n) is 8.91. The van der Waals surface area contributed by atoms with Crippen LogP contribution >= 0.6 is 0 Å². The van der Waals surface area contributed by atoms with Crippen LogP contribution in [0.3, 0.4) is 0 Å². The van der Waals surface area contributed by atoms with Crippen LogP contribution < -0.4 is 15.4 Å². The van der Waals surface area contributed by atoms with Gasteiger partial charge in [-0.15, -0.1) is 0 Å². The number of anilines is 2. The molecule has 0 saturated heterocycles. The number of ether oxygens (including phenoxy) is 1. The molecule has 0 aliphatic carbocycles. The standard InChI is InChI=1S/C23H22N2O3/c1-15-7-6-8-18(13-15)24-23(27)19-9-4-5-10-20(19)25-22(26)17-12-11-16(2)21(14-17)28-3/h4-14H,1-3H3,(H,24,27)(H,25,26). The second kappa shape index (κ2) is 8.39. The van der Waals surface area contributed by atoms with E-state index in [0.29, 0.717) is 28.3 Å². The van der Waals surface area contributed by atoms with Gasteiger partial charge in [0.25, 0.3) is 11.8 Å². The summed E-state index contributed by atoms with van der Waals surface area (Å²) >= 11 is 0. The van der Waals surface area contributed by atoms with Crippen molar-refractivity contribution in [2.24, 2.45) is 0 Å². The molecule has 5 nitrogen and oxygen atoms in total. The summed E-state index contributed by atoms with van der Waals surface area (Å²) in [5.74, 6) is 0.0372. The monoisotopic (exact) mass is 374 g/mol. The van der Waals surface area contributed by atoms with E-state index in [2.05, 4.69) is 10.6 Å². The molecule has 0 saturated carbocycles. The summed E-state index contributed by atoms with van der Waals surface area (Å²) in [6.45, 7) is 3.87. The predicted molar refractivity (Wildman–Crippen MR) is 111 cm³/mol. The van der Waals surface area contributed by atoms with Crippen LogP contribution in [-0.2, 0) is 0 Å². The summed E-state index contributed by atoms with van der Waals surface area (Å²) in [7, 11) is 1.56. The van der Waals surface area contributed by atoms with Crippen molar-refractivity contribution in [3.63, 3.8) is 0 Å². The molecule has 0 spiro atoms. The van der Waals surface area contributed by atoms with E-state index in [1.165, 1.54) is 0 Å². The first kappa shape index (κ1) is 19.2. The van der Waals surface area contributed by atoms with Gasteiger partial charge in [0.05, 0.1) is 18.4 Å². The molecule has 2 N–H and O–H groups in total. The van der Waals surface area contributed by atoms with Gasteiger partial charge in [-0.1, -0.05) is 30.3 Å². The molecule has 0 fully saturated rings. The van der Waals surface area contributed by atoms with Crippen molar-refractivity contribution in [1.29, 1.82) is 0 Å². The summed E-state index contributed by atoms with van der Waals surface area (Å²) in [6.07, 6.45) is 0. The highest BCUT2D eigenvalue weighted by Gasteiger charge is 2.15. The number of carbonyl (C=O) groups is 2. The smallest absolute Gasteiger partial charge is 0.257 e. The quantitative estimate of drug-likeness (QED) is 0.673. The van der Waals surface area contributed by atoms with Crippen LogP contribution in [0.2, 0.25) is 0 Å². The zero-order valence-corrected chi connectivity index (χ0v) is 16.1. The largest absolute Gasteiger partial charge is 0.496 e. The highest BCUT2D eigenvalue weighted by atomic mass is 16.5. The van der Waals surface area contributed by atoms with Crippen molar-refractivity contribution in [2.75, 3.05) is 17.7 Å². The topological polar surface area (TPSA) is 67.4 Å². The third-order valence-electron chi connectivity index (χ3n) is 4.37. The fourth-order valence-corrected chi connectivity index (χ4v) is 2.87. The molecule has 3 aromatic carbocycles. The Labute approximate surface area is 164 Å². The summed E-state index contributed by atoms with van der Waals surface area (Å²) in [5.41, 5.74) is 3.98. The first-order chi connectivity index (χ1) is 13.5. The zero-order valence-electron chi connectivity index (χ0n) is 16.1. The maximum Gasteiger partial charge on any atom is 0.257 e. The molecule has 0 aliphatic rings. The minimum absolute atomic E-state index is 0.289. The lowest BCUT2D eigenvalue weighted by molar-refractivity contribution is 0.102. The van der Waals surface area contributed by atoms with Crippen LogP contribution in [-0.4, -0.2) is 18.9 Å². The molecule has 0 radical (unpaired) electrons.